The lowest BCUT2D eigenvalue weighted by Crippen LogP contribution is -2.03. The van der Waals surface area contributed by atoms with Crippen LogP contribution in [0.5, 0.6) is 11.5 Å². The van der Waals surface area contributed by atoms with Gasteiger partial charge in [-0.25, -0.2) is 0 Å². The highest BCUT2D eigenvalue weighted by Gasteiger charge is 2.12. The van der Waals surface area contributed by atoms with E-state index in [0.29, 0.717) is 11.1 Å². The van der Waals surface area contributed by atoms with Crippen molar-refractivity contribution >= 4 is 5.71 Å². The largest absolute Gasteiger partial charge is 0.508 e. The summed E-state index contributed by atoms with van der Waals surface area (Å²) in [6.07, 6.45) is 0. The highest BCUT2D eigenvalue weighted by Crippen LogP contribution is 2.25. The fourth-order valence-electron chi connectivity index (χ4n) is 1.70. The maximum Gasteiger partial charge on any atom is 0.128 e. The first kappa shape index (κ1) is 12.0. The molecule has 18 heavy (non-hydrogen) atoms. The molecule has 0 spiro atoms. The Balaban J connectivity index is 2.49. The molecule has 3 N–H and O–H groups in total. The van der Waals surface area contributed by atoms with Crippen LogP contribution >= 0.6 is 0 Å². The van der Waals surface area contributed by atoms with Crippen molar-refractivity contribution in [3.8, 4) is 11.5 Å². The number of aromatic hydroxyl groups is 2. The molecule has 0 unspecified atom stereocenters. The zero-order chi connectivity index (χ0) is 13.1. The van der Waals surface area contributed by atoms with Crippen LogP contribution in [0, 0.1) is 6.92 Å². The highest BCUT2D eigenvalue weighted by molar-refractivity contribution is 6.14. The number of hydrogen-bond donors (Lipinski definition) is 3. The summed E-state index contributed by atoms with van der Waals surface area (Å²) in [7, 11) is 0. The van der Waals surface area contributed by atoms with Gasteiger partial charge in [0.2, 0.25) is 0 Å². The maximum atomic E-state index is 9.76. The number of phenolic OH excluding ortho intramolecular Hbond substituents is 2. The number of hydrogen-bond acceptors (Lipinski definition) is 4. The van der Waals surface area contributed by atoms with E-state index in [2.05, 4.69) is 5.16 Å². The van der Waals surface area contributed by atoms with Crippen LogP contribution in [-0.4, -0.2) is 21.1 Å². The van der Waals surface area contributed by atoms with Crippen LogP contribution in [0.15, 0.2) is 47.6 Å². The summed E-state index contributed by atoms with van der Waals surface area (Å²) >= 11 is 0. The Kier molecular flexibility index (Phi) is 3.19. The van der Waals surface area contributed by atoms with Crippen LogP contribution in [0.2, 0.25) is 0 Å². The van der Waals surface area contributed by atoms with Crippen molar-refractivity contribution in [2.24, 2.45) is 5.16 Å². The van der Waals surface area contributed by atoms with E-state index < -0.39 is 0 Å². The van der Waals surface area contributed by atoms with Crippen molar-refractivity contribution in [3.05, 3.63) is 59.2 Å². The molecule has 0 aromatic heterocycles. The van der Waals surface area contributed by atoms with Crippen molar-refractivity contribution in [2.45, 2.75) is 6.92 Å². The Morgan fingerprint density at radius 1 is 1.00 bits per heavy atom. The Labute approximate surface area is 104 Å². The third-order valence-corrected chi connectivity index (χ3v) is 2.66. The van der Waals surface area contributed by atoms with Gasteiger partial charge >= 0.3 is 0 Å². The smallest absolute Gasteiger partial charge is 0.128 e. The summed E-state index contributed by atoms with van der Waals surface area (Å²) in [4.78, 5) is 0. The van der Waals surface area contributed by atoms with Crippen LogP contribution in [0.1, 0.15) is 16.7 Å². The molecule has 0 saturated heterocycles. The van der Waals surface area contributed by atoms with Crippen molar-refractivity contribution in [1.82, 2.24) is 0 Å². The van der Waals surface area contributed by atoms with Crippen molar-refractivity contribution in [2.75, 3.05) is 0 Å². The minimum Gasteiger partial charge on any atom is -0.508 e. The first-order valence-corrected chi connectivity index (χ1v) is 5.43. The monoisotopic (exact) mass is 243 g/mol. The Bertz CT molecular complexity index is 588. The van der Waals surface area contributed by atoms with Gasteiger partial charge in [-0.2, -0.15) is 0 Å². The SMILES string of the molecule is Cc1ccc(/C(=N\O)c2ccc(O)cc2O)cc1. The molecule has 4 nitrogen and oxygen atoms in total. The number of benzene rings is 2. The van der Waals surface area contributed by atoms with E-state index in [-0.39, 0.29) is 17.2 Å². The van der Waals surface area contributed by atoms with E-state index in [1.54, 1.807) is 12.1 Å². The molecule has 2 aromatic carbocycles. The molecule has 0 fully saturated rings. The van der Waals surface area contributed by atoms with Gasteiger partial charge in [0.25, 0.3) is 0 Å². The van der Waals surface area contributed by atoms with Crippen LogP contribution in [0.25, 0.3) is 0 Å². The molecule has 0 bridgehead atoms. The Hall–Kier alpha value is -2.49. The van der Waals surface area contributed by atoms with Gasteiger partial charge in [-0.3, -0.25) is 0 Å². The Morgan fingerprint density at radius 3 is 2.22 bits per heavy atom. The second-order valence-corrected chi connectivity index (χ2v) is 4.02. The van der Waals surface area contributed by atoms with Crippen molar-refractivity contribution < 1.29 is 15.4 Å². The van der Waals surface area contributed by atoms with Gasteiger partial charge in [0.1, 0.15) is 17.2 Å². The van der Waals surface area contributed by atoms with E-state index in [4.69, 9.17) is 5.21 Å². The summed E-state index contributed by atoms with van der Waals surface area (Å²) in [6, 6.07) is 11.5. The summed E-state index contributed by atoms with van der Waals surface area (Å²) in [5.41, 5.74) is 2.39. The maximum absolute atomic E-state index is 9.76. The average molecular weight is 243 g/mol. The quantitative estimate of drug-likeness (QED) is 0.431. The number of rotatable bonds is 2. The van der Waals surface area contributed by atoms with E-state index in [1.165, 1.54) is 18.2 Å². The minimum atomic E-state index is -0.136. The van der Waals surface area contributed by atoms with E-state index >= 15 is 0 Å². The van der Waals surface area contributed by atoms with Gasteiger partial charge in [-0.05, 0) is 19.1 Å². The number of aryl methyl sites for hydroxylation is 1. The van der Waals surface area contributed by atoms with Gasteiger partial charge in [-0.1, -0.05) is 35.0 Å². The van der Waals surface area contributed by atoms with Crippen LogP contribution in [0.4, 0.5) is 0 Å². The first-order valence-electron chi connectivity index (χ1n) is 5.43. The fourth-order valence-corrected chi connectivity index (χ4v) is 1.70. The third kappa shape index (κ3) is 2.27. The van der Waals surface area contributed by atoms with Crippen molar-refractivity contribution in [1.29, 1.82) is 0 Å². The second-order valence-electron chi connectivity index (χ2n) is 4.02. The molecule has 0 atom stereocenters. The van der Waals surface area contributed by atoms with Crippen LogP contribution in [0.3, 0.4) is 0 Å². The van der Waals surface area contributed by atoms with Crippen LogP contribution < -0.4 is 0 Å². The molecular formula is C14H13NO3. The molecular weight excluding hydrogens is 230 g/mol. The molecule has 0 aliphatic carbocycles. The second kappa shape index (κ2) is 4.79. The minimum absolute atomic E-state index is 0.0440. The van der Waals surface area contributed by atoms with Gasteiger partial charge < -0.3 is 15.4 Å². The molecule has 0 radical (unpaired) electrons. The molecule has 0 aliphatic rings. The fraction of sp³-hybridized carbons (Fsp3) is 0.0714. The zero-order valence-corrected chi connectivity index (χ0v) is 9.83. The van der Waals surface area contributed by atoms with Gasteiger partial charge in [0.15, 0.2) is 0 Å². The van der Waals surface area contributed by atoms with Crippen LogP contribution in [-0.2, 0) is 0 Å². The number of nitrogens with zero attached hydrogens (tertiary/aromatic N) is 1. The summed E-state index contributed by atoms with van der Waals surface area (Å²) in [5.74, 6) is -0.180. The molecule has 92 valence electrons. The summed E-state index contributed by atoms with van der Waals surface area (Å²) in [5, 5.41) is 31.3. The molecule has 2 rings (SSSR count). The summed E-state index contributed by atoms with van der Waals surface area (Å²) < 4.78 is 0. The zero-order valence-electron chi connectivity index (χ0n) is 9.83. The Morgan fingerprint density at radius 2 is 1.67 bits per heavy atom. The predicted molar refractivity (Wildman–Crippen MR) is 68.4 cm³/mol. The van der Waals surface area contributed by atoms with Gasteiger partial charge in [0, 0.05) is 17.2 Å². The highest BCUT2D eigenvalue weighted by atomic mass is 16.4. The average Bonchev–Trinajstić information content (AvgIpc) is 2.35. The standard InChI is InChI=1S/C14H13NO3/c1-9-2-4-10(5-3-9)14(15-18)12-7-6-11(16)8-13(12)17/h2-8,16-18H,1H3/b15-14+. The number of phenols is 2. The molecule has 0 heterocycles. The lowest BCUT2D eigenvalue weighted by Gasteiger charge is -2.07. The summed E-state index contributed by atoms with van der Waals surface area (Å²) in [6.45, 7) is 1.96. The molecule has 0 aliphatic heterocycles. The third-order valence-electron chi connectivity index (χ3n) is 2.66. The predicted octanol–water partition coefficient (Wildman–Crippen LogP) is 2.63. The molecule has 0 saturated carbocycles. The van der Waals surface area contributed by atoms with E-state index in [0.717, 1.165) is 5.56 Å². The molecule has 2 aromatic rings. The molecule has 0 amide bonds. The normalized spacial score (nSPS) is 11.5. The van der Waals surface area contributed by atoms with Gasteiger partial charge in [-0.15, -0.1) is 0 Å². The number of oxime groups is 1. The lowest BCUT2D eigenvalue weighted by atomic mass is 10.0. The van der Waals surface area contributed by atoms with Crippen molar-refractivity contribution in [3.63, 3.8) is 0 Å². The van der Waals surface area contributed by atoms with E-state index in [1.807, 2.05) is 19.1 Å². The van der Waals surface area contributed by atoms with Gasteiger partial charge in [0.05, 0.1) is 0 Å². The van der Waals surface area contributed by atoms with E-state index in [9.17, 15) is 10.2 Å². The lowest BCUT2D eigenvalue weighted by molar-refractivity contribution is 0.319. The first-order chi connectivity index (χ1) is 8.61. The topological polar surface area (TPSA) is 73.1 Å². The molecule has 4 heteroatoms.